The molecule has 0 fully saturated rings. The lowest BCUT2D eigenvalue weighted by Gasteiger charge is -2.14. The Balaban J connectivity index is 1.79. The average Bonchev–Trinajstić information content (AvgIpc) is 2.86. The Labute approximate surface area is 197 Å². The van der Waals surface area contributed by atoms with Gasteiger partial charge in [-0.25, -0.2) is 18.0 Å². The summed E-state index contributed by atoms with van der Waals surface area (Å²) >= 11 is 0. The van der Waals surface area contributed by atoms with Gasteiger partial charge in [-0.05, 0) is 42.0 Å². The van der Waals surface area contributed by atoms with E-state index in [1.54, 1.807) is 36.4 Å². The van der Waals surface area contributed by atoms with E-state index >= 15 is 0 Å². The molecule has 0 atom stereocenters. The standard InChI is InChI=1S/C24H23NO8S/c1-30-21-12-11-18(14-22(21)31-2)34(28,29)25-20-10-5-4-9-19(20)24(27)33-15-16-7-6-8-17(13-16)23(26)32-3/h4-14,25H,15H2,1-3H3. The predicted molar refractivity (Wildman–Crippen MR) is 124 cm³/mol. The van der Waals surface area contributed by atoms with Crippen LogP contribution in [-0.2, 0) is 26.1 Å². The van der Waals surface area contributed by atoms with Crippen LogP contribution in [0.4, 0.5) is 5.69 Å². The minimum Gasteiger partial charge on any atom is -0.493 e. The van der Waals surface area contributed by atoms with Crippen molar-refractivity contribution in [2.45, 2.75) is 11.5 Å². The van der Waals surface area contributed by atoms with Gasteiger partial charge in [0.1, 0.15) is 6.61 Å². The van der Waals surface area contributed by atoms with Gasteiger partial charge in [0, 0.05) is 6.07 Å². The summed E-state index contributed by atoms with van der Waals surface area (Å²) in [7, 11) is 0.0550. The first-order valence-corrected chi connectivity index (χ1v) is 11.5. The van der Waals surface area contributed by atoms with E-state index in [1.165, 1.54) is 51.7 Å². The third-order valence-corrected chi connectivity index (χ3v) is 6.14. The maximum Gasteiger partial charge on any atom is 0.340 e. The van der Waals surface area contributed by atoms with Crippen LogP contribution in [0.15, 0.2) is 71.6 Å². The highest BCUT2D eigenvalue weighted by molar-refractivity contribution is 7.92. The molecule has 0 aliphatic carbocycles. The molecule has 0 bridgehead atoms. The molecular formula is C24H23NO8S. The Morgan fingerprint density at radius 1 is 0.824 bits per heavy atom. The number of benzene rings is 3. The molecule has 3 rings (SSSR count). The van der Waals surface area contributed by atoms with E-state index in [-0.39, 0.29) is 28.5 Å². The number of esters is 2. The fourth-order valence-electron chi connectivity index (χ4n) is 3.07. The smallest absolute Gasteiger partial charge is 0.340 e. The molecule has 178 valence electrons. The second-order valence-corrected chi connectivity index (χ2v) is 8.62. The Morgan fingerprint density at radius 2 is 1.56 bits per heavy atom. The summed E-state index contributed by atoms with van der Waals surface area (Å²) in [5.74, 6) is -0.633. The van der Waals surface area contributed by atoms with Crippen LogP contribution in [0.5, 0.6) is 11.5 Å². The van der Waals surface area contributed by atoms with Crippen LogP contribution in [0.1, 0.15) is 26.3 Å². The van der Waals surface area contributed by atoms with Gasteiger partial charge in [0.25, 0.3) is 10.0 Å². The topological polar surface area (TPSA) is 117 Å². The van der Waals surface area contributed by atoms with Crippen LogP contribution >= 0.6 is 0 Å². The Hall–Kier alpha value is -4.05. The van der Waals surface area contributed by atoms with E-state index in [0.717, 1.165) is 0 Å². The third-order valence-electron chi connectivity index (χ3n) is 4.77. The summed E-state index contributed by atoms with van der Waals surface area (Å²) in [5.41, 5.74) is 0.958. The van der Waals surface area contributed by atoms with Gasteiger partial charge in [-0.3, -0.25) is 4.72 Å². The van der Waals surface area contributed by atoms with Crippen LogP contribution in [0.2, 0.25) is 0 Å². The molecule has 0 amide bonds. The summed E-state index contributed by atoms with van der Waals surface area (Å²) in [5, 5.41) is 0. The number of carbonyl (C=O) groups excluding carboxylic acids is 2. The van der Waals surface area contributed by atoms with E-state index in [0.29, 0.717) is 16.9 Å². The van der Waals surface area contributed by atoms with Crippen molar-refractivity contribution in [1.82, 2.24) is 0 Å². The molecule has 0 unspecified atom stereocenters. The Bertz CT molecular complexity index is 1300. The summed E-state index contributed by atoms with van der Waals surface area (Å²) < 4.78 is 48.7. The summed E-state index contributed by atoms with van der Waals surface area (Å²) in [6, 6.07) is 16.7. The summed E-state index contributed by atoms with van der Waals surface area (Å²) in [4.78, 5) is 24.3. The molecule has 34 heavy (non-hydrogen) atoms. The van der Waals surface area contributed by atoms with Crippen molar-refractivity contribution in [1.29, 1.82) is 0 Å². The molecule has 3 aromatic rings. The van der Waals surface area contributed by atoms with Crippen molar-refractivity contribution in [2.24, 2.45) is 0 Å². The van der Waals surface area contributed by atoms with Crippen LogP contribution in [0.3, 0.4) is 0 Å². The highest BCUT2D eigenvalue weighted by Gasteiger charge is 2.21. The molecule has 0 aromatic heterocycles. The predicted octanol–water partition coefficient (Wildman–Crippen LogP) is 3.65. The molecule has 0 spiro atoms. The zero-order valence-corrected chi connectivity index (χ0v) is 19.5. The largest absolute Gasteiger partial charge is 0.493 e. The molecule has 0 saturated carbocycles. The Morgan fingerprint density at radius 3 is 2.26 bits per heavy atom. The number of sulfonamides is 1. The Kier molecular flexibility index (Phi) is 7.75. The average molecular weight is 486 g/mol. The van der Waals surface area contributed by atoms with E-state index in [2.05, 4.69) is 9.46 Å². The van der Waals surface area contributed by atoms with E-state index in [9.17, 15) is 18.0 Å². The highest BCUT2D eigenvalue weighted by atomic mass is 32.2. The quantitative estimate of drug-likeness (QED) is 0.457. The number of methoxy groups -OCH3 is 3. The minimum absolute atomic E-state index is 0.0238. The fraction of sp³-hybridized carbons (Fsp3) is 0.167. The first-order chi connectivity index (χ1) is 16.3. The van der Waals surface area contributed by atoms with Crippen LogP contribution in [0.25, 0.3) is 0 Å². The molecule has 0 radical (unpaired) electrons. The molecule has 1 N–H and O–H groups in total. The van der Waals surface area contributed by atoms with Crippen molar-refractivity contribution < 1.29 is 37.0 Å². The van der Waals surface area contributed by atoms with Gasteiger partial charge in [0.2, 0.25) is 0 Å². The van der Waals surface area contributed by atoms with Gasteiger partial charge in [0.05, 0.1) is 43.0 Å². The second kappa shape index (κ2) is 10.7. The fourth-order valence-corrected chi connectivity index (χ4v) is 4.16. The normalized spacial score (nSPS) is 10.8. The molecule has 0 aliphatic rings. The highest BCUT2D eigenvalue weighted by Crippen LogP contribution is 2.30. The number of rotatable bonds is 9. The first kappa shape index (κ1) is 24.6. The number of nitrogens with one attached hydrogen (secondary N) is 1. The lowest BCUT2D eigenvalue weighted by Crippen LogP contribution is -2.16. The number of carbonyl (C=O) groups is 2. The number of anilines is 1. The molecular weight excluding hydrogens is 462 g/mol. The number of ether oxygens (including phenoxy) is 4. The van der Waals surface area contributed by atoms with E-state index in [4.69, 9.17) is 14.2 Å². The zero-order chi connectivity index (χ0) is 24.7. The van der Waals surface area contributed by atoms with Crippen LogP contribution in [-0.4, -0.2) is 41.7 Å². The first-order valence-electron chi connectivity index (χ1n) is 9.97. The molecule has 3 aromatic carbocycles. The van der Waals surface area contributed by atoms with Gasteiger partial charge < -0.3 is 18.9 Å². The number of para-hydroxylation sites is 1. The van der Waals surface area contributed by atoms with Crippen LogP contribution in [0, 0.1) is 0 Å². The molecule has 9 nitrogen and oxygen atoms in total. The maximum absolute atomic E-state index is 12.9. The van der Waals surface area contributed by atoms with Crippen molar-refractivity contribution in [3.63, 3.8) is 0 Å². The monoisotopic (exact) mass is 485 g/mol. The van der Waals surface area contributed by atoms with Gasteiger partial charge in [-0.2, -0.15) is 0 Å². The molecule has 0 heterocycles. The number of hydrogen-bond acceptors (Lipinski definition) is 8. The molecule has 10 heteroatoms. The van der Waals surface area contributed by atoms with Crippen molar-refractivity contribution in [2.75, 3.05) is 26.1 Å². The summed E-state index contributed by atoms with van der Waals surface area (Å²) in [6.07, 6.45) is 0. The third kappa shape index (κ3) is 5.65. The number of hydrogen-bond donors (Lipinski definition) is 1. The van der Waals surface area contributed by atoms with E-state index in [1.807, 2.05) is 0 Å². The lowest BCUT2D eigenvalue weighted by atomic mass is 10.1. The minimum atomic E-state index is -4.06. The van der Waals surface area contributed by atoms with Gasteiger partial charge in [-0.1, -0.05) is 24.3 Å². The van der Waals surface area contributed by atoms with Gasteiger partial charge in [-0.15, -0.1) is 0 Å². The van der Waals surface area contributed by atoms with Crippen LogP contribution < -0.4 is 14.2 Å². The van der Waals surface area contributed by atoms with Crippen molar-refractivity contribution in [3.05, 3.63) is 83.4 Å². The lowest BCUT2D eigenvalue weighted by molar-refractivity contribution is 0.0474. The van der Waals surface area contributed by atoms with Crippen molar-refractivity contribution in [3.8, 4) is 11.5 Å². The van der Waals surface area contributed by atoms with Crippen molar-refractivity contribution >= 4 is 27.6 Å². The molecule has 0 saturated heterocycles. The molecule has 0 aliphatic heterocycles. The van der Waals surface area contributed by atoms with E-state index < -0.39 is 22.0 Å². The van der Waals surface area contributed by atoms with Gasteiger partial charge in [0.15, 0.2) is 11.5 Å². The second-order valence-electron chi connectivity index (χ2n) is 6.94. The zero-order valence-electron chi connectivity index (χ0n) is 18.7. The summed E-state index contributed by atoms with van der Waals surface area (Å²) in [6.45, 7) is -0.125. The van der Waals surface area contributed by atoms with Gasteiger partial charge >= 0.3 is 11.9 Å². The maximum atomic E-state index is 12.9. The SMILES string of the molecule is COC(=O)c1cccc(COC(=O)c2ccccc2NS(=O)(=O)c2ccc(OC)c(OC)c2)c1.